The number of thiazole rings is 1. The van der Waals surface area contributed by atoms with Crippen molar-refractivity contribution in [2.75, 3.05) is 19.7 Å². The lowest BCUT2D eigenvalue weighted by atomic mass is 10.2. The van der Waals surface area contributed by atoms with Gasteiger partial charge in [0.1, 0.15) is 11.0 Å². The highest BCUT2D eigenvalue weighted by atomic mass is 32.1. The van der Waals surface area contributed by atoms with Crippen LogP contribution in [-0.2, 0) is 4.74 Å². The molecule has 0 aliphatic carbocycles. The van der Waals surface area contributed by atoms with Gasteiger partial charge in [-0.15, -0.1) is 11.3 Å². The predicted molar refractivity (Wildman–Crippen MR) is 61.2 cm³/mol. The van der Waals surface area contributed by atoms with Crippen molar-refractivity contribution in [3.63, 3.8) is 0 Å². The third-order valence-corrected chi connectivity index (χ3v) is 3.20. The van der Waals surface area contributed by atoms with Gasteiger partial charge in [0.25, 0.3) is 5.91 Å². The lowest BCUT2D eigenvalue weighted by Crippen LogP contribution is -2.50. The van der Waals surface area contributed by atoms with E-state index in [4.69, 9.17) is 15.7 Å². The first-order valence-electron chi connectivity index (χ1n) is 4.99. The number of aromatic nitrogens is 1. The molecule has 17 heavy (non-hydrogen) atoms. The number of hydrogen-bond donors (Lipinski definition) is 2. The molecule has 2 rings (SSSR count). The molecule has 1 aliphatic heterocycles. The number of ether oxygens (including phenoxy) is 1. The first-order valence-corrected chi connectivity index (χ1v) is 5.87. The van der Waals surface area contributed by atoms with Crippen LogP contribution >= 0.6 is 11.3 Å². The number of morpholine rings is 1. The third kappa shape index (κ3) is 2.53. The van der Waals surface area contributed by atoms with Crippen LogP contribution in [0.5, 0.6) is 0 Å². The van der Waals surface area contributed by atoms with Crippen LogP contribution < -0.4 is 5.73 Å². The maximum absolute atomic E-state index is 12.0. The van der Waals surface area contributed by atoms with Gasteiger partial charge in [0, 0.05) is 6.54 Å². The van der Waals surface area contributed by atoms with Crippen molar-refractivity contribution in [3.05, 3.63) is 16.6 Å². The number of amides is 1. The maximum Gasteiger partial charge on any atom is 0.265 e. The van der Waals surface area contributed by atoms with Gasteiger partial charge < -0.3 is 20.6 Å². The Labute approximate surface area is 101 Å². The largest absolute Gasteiger partial charge is 0.409 e. The van der Waals surface area contributed by atoms with E-state index >= 15 is 0 Å². The topological polar surface area (TPSA) is 101 Å². The summed E-state index contributed by atoms with van der Waals surface area (Å²) in [6, 6.07) is 0. The summed E-state index contributed by atoms with van der Waals surface area (Å²) >= 11 is 1.29. The van der Waals surface area contributed by atoms with Gasteiger partial charge in [-0.05, 0) is 0 Å². The average Bonchev–Trinajstić information content (AvgIpc) is 2.91. The molecule has 1 atom stereocenters. The summed E-state index contributed by atoms with van der Waals surface area (Å²) in [5.74, 6) is -0.127. The highest BCUT2D eigenvalue weighted by molar-refractivity contribution is 7.11. The molecule has 1 fully saturated rings. The summed E-state index contributed by atoms with van der Waals surface area (Å²) in [5.41, 5.74) is 7.06. The van der Waals surface area contributed by atoms with Crippen LogP contribution in [0, 0.1) is 0 Å². The number of hydrogen-bond acceptors (Lipinski definition) is 6. The SMILES string of the molecule is NC(=NO)C1CN(C(=O)c2cncs2)CCO1. The van der Waals surface area contributed by atoms with E-state index in [-0.39, 0.29) is 18.3 Å². The molecule has 1 aromatic rings. The first-order chi connectivity index (χ1) is 8.22. The van der Waals surface area contributed by atoms with Crippen molar-refractivity contribution < 1.29 is 14.7 Å². The number of nitrogens with zero attached hydrogens (tertiary/aromatic N) is 3. The minimum atomic E-state index is -0.550. The molecule has 2 heterocycles. The van der Waals surface area contributed by atoms with E-state index in [1.807, 2.05) is 0 Å². The molecule has 1 aliphatic rings. The quantitative estimate of drug-likeness (QED) is 0.328. The predicted octanol–water partition coefficient (Wildman–Crippen LogP) is -0.270. The molecule has 0 bridgehead atoms. The Morgan fingerprint density at radius 2 is 2.59 bits per heavy atom. The van der Waals surface area contributed by atoms with E-state index in [1.165, 1.54) is 17.5 Å². The number of nitrogens with two attached hydrogens (primary N) is 1. The van der Waals surface area contributed by atoms with Gasteiger partial charge in [-0.3, -0.25) is 9.78 Å². The number of amidine groups is 1. The number of carbonyl (C=O) groups is 1. The summed E-state index contributed by atoms with van der Waals surface area (Å²) in [4.78, 5) is 18.1. The number of rotatable bonds is 2. The van der Waals surface area contributed by atoms with Gasteiger partial charge in [0.05, 0.1) is 24.9 Å². The molecular formula is C9H12N4O3S. The summed E-state index contributed by atoms with van der Waals surface area (Å²) in [7, 11) is 0. The fraction of sp³-hybridized carbons (Fsp3) is 0.444. The smallest absolute Gasteiger partial charge is 0.265 e. The number of carbonyl (C=O) groups excluding carboxylic acids is 1. The summed E-state index contributed by atoms with van der Waals surface area (Å²) in [6.07, 6.45) is 0.978. The third-order valence-electron chi connectivity index (χ3n) is 2.44. The molecule has 1 amide bonds. The van der Waals surface area contributed by atoms with Crippen LogP contribution in [0.15, 0.2) is 16.9 Å². The van der Waals surface area contributed by atoms with E-state index in [2.05, 4.69) is 10.1 Å². The van der Waals surface area contributed by atoms with Crippen molar-refractivity contribution in [2.45, 2.75) is 6.10 Å². The van der Waals surface area contributed by atoms with Gasteiger partial charge >= 0.3 is 0 Å². The zero-order chi connectivity index (χ0) is 12.3. The molecule has 0 aromatic carbocycles. The molecule has 7 nitrogen and oxygen atoms in total. The van der Waals surface area contributed by atoms with E-state index in [0.717, 1.165) is 0 Å². The molecule has 0 spiro atoms. The van der Waals surface area contributed by atoms with Gasteiger partial charge in [-0.2, -0.15) is 0 Å². The zero-order valence-electron chi connectivity index (χ0n) is 8.94. The minimum absolute atomic E-state index is 0.0215. The van der Waals surface area contributed by atoms with Gasteiger partial charge in [-0.1, -0.05) is 5.16 Å². The average molecular weight is 256 g/mol. The van der Waals surface area contributed by atoms with Crippen LogP contribution in [0.3, 0.4) is 0 Å². The molecule has 92 valence electrons. The normalized spacial score (nSPS) is 21.5. The fourth-order valence-electron chi connectivity index (χ4n) is 1.55. The van der Waals surface area contributed by atoms with Crippen LogP contribution in [-0.4, -0.2) is 52.6 Å². The standard InChI is InChI=1S/C9H12N4O3S/c10-8(12-15)6-4-13(1-2-16-6)9(14)7-3-11-5-17-7/h3,5-6,15H,1-2,4H2,(H2,10,12). The van der Waals surface area contributed by atoms with Crippen LogP contribution in [0.25, 0.3) is 0 Å². The monoisotopic (exact) mass is 256 g/mol. The van der Waals surface area contributed by atoms with Crippen molar-refractivity contribution >= 4 is 23.1 Å². The second kappa shape index (κ2) is 5.11. The Bertz CT molecular complexity index is 420. The van der Waals surface area contributed by atoms with E-state index in [9.17, 15) is 4.79 Å². The van der Waals surface area contributed by atoms with Crippen molar-refractivity contribution in [2.24, 2.45) is 10.9 Å². The minimum Gasteiger partial charge on any atom is -0.409 e. The fourth-order valence-corrected chi connectivity index (χ4v) is 2.14. The summed E-state index contributed by atoms with van der Waals surface area (Å²) in [6.45, 7) is 1.14. The van der Waals surface area contributed by atoms with Crippen LogP contribution in [0.1, 0.15) is 9.67 Å². The molecule has 1 saturated heterocycles. The lowest BCUT2D eigenvalue weighted by Gasteiger charge is -2.31. The highest BCUT2D eigenvalue weighted by Gasteiger charge is 2.28. The number of oxime groups is 1. The zero-order valence-corrected chi connectivity index (χ0v) is 9.76. The second-order valence-electron chi connectivity index (χ2n) is 3.50. The Hall–Kier alpha value is -1.67. The van der Waals surface area contributed by atoms with Gasteiger partial charge in [0.15, 0.2) is 5.84 Å². The van der Waals surface area contributed by atoms with Crippen molar-refractivity contribution in [3.8, 4) is 0 Å². The highest BCUT2D eigenvalue weighted by Crippen LogP contribution is 2.13. The van der Waals surface area contributed by atoms with Crippen LogP contribution in [0.2, 0.25) is 0 Å². The van der Waals surface area contributed by atoms with E-state index in [0.29, 0.717) is 18.0 Å². The summed E-state index contributed by atoms with van der Waals surface area (Å²) < 4.78 is 5.31. The second-order valence-corrected chi connectivity index (χ2v) is 4.39. The Morgan fingerprint density at radius 1 is 1.76 bits per heavy atom. The molecule has 3 N–H and O–H groups in total. The van der Waals surface area contributed by atoms with Crippen LogP contribution in [0.4, 0.5) is 0 Å². The Morgan fingerprint density at radius 3 is 3.24 bits per heavy atom. The van der Waals surface area contributed by atoms with Crippen molar-refractivity contribution in [1.82, 2.24) is 9.88 Å². The molecule has 8 heteroatoms. The molecule has 0 radical (unpaired) electrons. The molecule has 0 saturated carbocycles. The summed E-state index contributed by atoms with van der Waals surface area (Å²) in [5, 5.41) is 11.5. The molecular weight excluding hydrogens is 244 g/mol. The lowest BCUT2D eigenvalue weighted by molar-refractivity contribution is 0.00698. The molecule has 1 unspecified atom stereocenters. The Kier molecular flexibility index (Phi) is 3.55. The van der Waals surface area contributed by atoms with E-state index in [1.54, 1.807) is 10.4 Å². The van der Waals surface area contributed by atoms with Gasteiger partial charge in [-0.25, -0.2) is 0 Å². The van der Waals surface area contributed by atoms with E-state index < -0.39 is 6.10 Å². The van der Waals surface area contributed by atoms with Crippen molar-refractivity contribution in [1.29, 1.82) is 0 Å². The first kappa shape index (κ1) is 11.8. The Balaban J connectivity index is 2.05. The van der Waals surface area contributed by atoms with Gasteiger partial charge in [0.2, 0.25) is 0 Å². The maximum atomic E-state index is 12.0. The molecule has 1 aromatic heterocycles.